The van der Waals surface area contributed by atoms with E-state index in [0.717, 1.165) is 12.0 Å². The van der Waals surface area contributed by atoms with E-state index >= 15 is 0 Å². The number of nitrogens with zero attached hydrogens (tertiary/aromatic N) is 1. The molecule has 0 aromatic heterocycles. The third-order valence-corrected chi connectivity index (χ3v) is 4.96. The second-order valence-electron chi connectivity index (χ2n) is 6.35. The Morgan fingerprint density at radius 3 is 2.32 bits per heavy atom. The molecule has 2 aliphatic rings. The van der Waals surface area contributed by atoms with Crippen LogP contribution in [-0.4, -0.2) is 50.3 Å². The first-order chi connectivity index (χ1) is 9.33. The summed E-state index contributed by atoms with van der Waals surface area (Å²) < 4.78 is 5.50. The van der Waals surface area contributed by atoms with Gasteiger partial charge in [0.15, 0.2) is 0 Å². The van der Waals surface area contributed by atoms with Crippen LogP contribution in [0.15, 0.2) is 0 Å². The third-order valence-electron chi connectivity index (χ3n) is 4.96. The van der Waals surface area contributed by atoms with Crippen molar-refractivity contribution in [1.82, 2.24) is 10.2 Å². The predicted octanol–water partition coefficient (Wildman–Crippen LogP) is 2.66. The Kier molecular flexibility index (Phi) is 6.62. The zero-order chi connectivity index (χ0) is 13.5. The third kappa shape index (κ3) is 4.73. The molecule has 3 nitrogen and oxygen atoms in total. The fourth-order valence-corrected chi connectivity index (χ4v) is 3.75. The van der Waals surface area contributed by atoms with Gasteiger partial charge in [0, 0.05) is 19.7 Å². The van der Waals surface area contributed by atoms with Gasteiger partial charge in [-0.05, 0) is 70.5 Å². The second-order valence-corrected chi connectivity index (χ2v) is 6.35. The van der Waals surface area contributed by atoms with Crippen LogP contribution in [0.2, 0.25) is 0 Å². The van der Waals surface area contributed by atoms with Crippen molar-refractivity contribution in [3.63, 3.8) is 0 Å². The summed E-state index contributed by atoms with van der Waals surface area (Å²) in [5.74, 6) is 0.924. The van der Waals surface area contributed by atoms with E-state index in [1.165, 1.54) is 71.1 Å². The molecule has 1 aliphatic carbocycles. The van der Waals surface area contributed by atoms with Crippen LogP contribution >= 0.6 is 0 Å². The van der Waals surface area contributed by atoms with Crippen LogP contribution in [-0.2, 0) is 4.74 Å². The Labute approximate surface area is 119 Å². The van der Waals surface area contributed by atoms with Crippen molar-refractivity contribution in [3.8, 4) is 0 Å². The maximum atomic E-state index is 5.50. The average molecular weight is 268 g/mol. The number of hydrogen-bond acceptors (Lipinski definition) is 3. The molecule has 1 saturated heterocycles. The first-order valence-electron chi connectivity index (χ1n) is 8.31. The minimum absolute atomic E-state index is 0.526. The molecule has 19 heavy (non-hydrogen) atoms. The summed E-state index contributed by atoms with van der Waals surface area (Å²) in [6.07, 6.45) is 9.74. The molecular weight excluding hydrogens is 236 g/mol. The van der Waals surface area contributed by atoms with Crippen LogP contribution < -0.4 is 5.32 Å². The molecule has 0 radical (unpaired) electrons. The molecule has 1 saturated carbocycles. The van der Waals surface area contributed by atoms with Crippen LogP contribution in [0, 0.1) is 5.92 Å². The molecule has 2 fully saturated rings. The topological polar surface area (TPSA) is 24.5 Å². The highest BCUT2D eigenvalue weighted by molar-refractivity contribution is 4.82. The van der Waals surface area contributed by atoms with Gasteiger partial charge < -0.3 is 15.0 Å². The summed E-state index contributed by atoms with van der Waals surface area (Å²) >= 11 is 0. The van der Waals surface area contributed by atoms with Crippen molar-refractivity contribution >= 4 is 0 Å². The summed E-state index contributed by atoms with van der Waals surface area (Å²) in [5, 5.41) is 3.48. The number of ether oxygens (including phenoxy) is 1. The van der Waals surface area contributed by atoms with Crippen molar-refractivity contribution in [2.45, 2.75) is 64.0 Å². The molecule has 112 valence electrons. The van der Waals surface area contributed by atoms with Gasteiger partial charge in [-0.3, -0.25) is 0 Å². The SMILES string of the molecule is CCCN(CC1CCNCC1)C1CCC(OC)CC1. The molecule has 0 aromatic carbocycles. The zero-order valence-electron chi connectivity index (χ0n) is 12.9. The van der Waals surface area contributed by atoms with Gasteiger partial charge in [-0.2, -0.15) is 0 Å². The van der Waals surface area contributed by atoms with Gasteiger partial charge in [-0.15, -0.1) is 0 Å². The van der Waals surface area contributed by atoms with Crippen LogP contribution in [0.1, 0.15) is 51.9 Å². The average Bonchev–Trinajstić information content (AvgIpc) is 2.48. The zero-order valence-corrected chi connectivity index (χ0v) is 12.9. The summed E-state index contributed by atoms with van der Waals surface area (Å²) in [6.45, 7) is 7.38. The van der Waals surface area contributed by atoms with Gasteiger partial charge in [0.25, 0.3) is 0 Å². The van der Waals surface area contributed by atoms with Gasteiger partial charge >= 0.3 is 0 Å². The van der Waals surface area contributed by atoms with Gasteiger partial charge in [-0.1, -0.05) is 6.92 Å². The summed E-state index contributed by atoms with van der Waals surface area (Å²) in [6, 6.07) is 0.821. The Morgan fingerprint density at radius 2 is 1.74 bits per heavy atom. The van der Waals surface area contributed by atoms with Crippen molar-refractivity contribution in [2.24, 2.45) is 5.92 Å². The maximum Gasteiger partial charge on any atom is 0.0572 e. The fraction of sp³-hybridized carbons (Fsp3) is 1.00. The molecule has 1 N–H and O–H groups in total. The van der Waals surface area contributed by atoms with Gasteiger partial charge in [0.1, 0.15) is 0 Å². The van der Waals surface area contributed by atoms with Crippen molar-refractivity contribution in [2.75, 3.05) is 33.3 Å². The lowest BCUT2D eigenvalue weighted by molar-refractivity contribution is 0.0330. The highest BCUT2D eigenvalue weighted by atomic mass is 16.5. The largest absolute Gasteiger partial charge is 0.381 e. The van der Waals surface area contributed by atoms with E-state index in [0.29, 0.717) is 6.10 Å². The molecule has 0 unspecified atom stereocenters. The van der Waals surface area contributed by atoms with Crippen LogP contribution in [0.5, 0.6) is 0 Å². The first-order valence-corrected chi connectivity index (χ1v) is 8.31. The summed E-state index contributed by atoms with van der Waals surface area (Å²) in [5.41, 5.74) is 0. The fourth-order valence-electron chi connectivity index (χ4n) is 3.75. The molecule has 1 aliphatic heterocycles. The van der Waals surface area contributed by atoms with E-state index in [1.807, 2.05) is 7.11 Å². The van der Waals surface area contributed by atoms with Gasteiger partial charge in [0.05, 0.1) is 6.10 Å². The normalized spacial score (nSPS) is 29.8. The monoisotopic (exact) mass is 268 g/mol. The Hall–Kier alpha value is -0.120. The van der Waals surface area contributed by atoms with Crippen molar-refractivity contribution in [3.05, 3.63) is 0 Å². The first kappa shape index (κ1) is 15.3. The van der Waals surface area contributed by atoms with Crippen molar-refractivity contribution in [1.29, 1.82) is 0 Å². The quantitative estimate of drug-likeness (QED) is 0.801. The maximum absolute atomic E-state index is 5.50. The minimum atomic E-state index is 0.526. The number of methoxy groups -OCH3 is 1. The molecular formula is C16H32N2O. The van der Waals surface area contributed by atoms with E-state index in [2.05, 4.69) is 17.1 Å². The Bertz CT molecular complexity index is 233. The summed E-state index contributed by atoms with van der Waals surface area (Å²) in [7, 11) is 1.86. The molecule has 0 atom stereocenters. The van der Waals surface area contributed by atoms with Crippen LogP contribution in [0.3, 0.4) is 0 Å². The van der Waals surface area contributed by atoms with E-state index in [4.69, 9.17) is 4.74 Å². The molecule has 0 amide bonds. The lowest BCUT2D eigenvalue weighted by atomic mass is 9.90. The molecule has 0 bridgehead atoms. The van der Waals surface area contributed by atoms with Crippen molar-refractivity contribution < 1.29 is 4.74 Å². The molecule has 2 rings (SSSR count). The van der Waals surface area contributed by atoms with E-state index in [9.17, 15) is 0 Å². The van der Waals surface area contributed by atoms with Crippen LogP contribution in [0.4, 0.5) is 0 Å². The lowest BCUT2D eigenvalue weighted by Gasteiger charge is -2.39. The second kappa shape index (κ2) is 8.23. The number of nitrogens with one attached hydrogen (secondary N) is 1. The number of piperidine rings is 1. The minimum Gasteiger partial charge on any atom is -0.381 e. The Morgan fingerprint density at radius 1 is 1.05 bits per heavy atom. The highest BCUT2D eigenvalue weighted by Gasteiger charge is 2.27. The van der Waals surface area contributed by atoms with Crippen LogP contribution in [0.25, 0.3) is 0 Å². The van der Waals surface area contributed by atoms with E-state index < -0.39 is 0 Å². The van der Waals surface area contributed by atoms with E-state index in [-0.39, 0.29) is 0 Å². The highest BCUT2D eigenvalue weighted by Crippen LogP contribution is 2.26. The van der Waals surface area contributed by atoms with Gasteiger partial charge in [-0.25, -0.2) is 0 Å². The standard InChI is InChI=1S/C16H32N2O/c1-3-12-18(13-14-8-10-17-11-9-14)15-4-6-16(19-2)7-5-15/h14-17H,3-13H2,1-2H3. The molecule has 3 heteroatoms. The number of hydrogen-bond donors (Lipinski definition) is 1. The molecule has 0 aromatic rings. The van der Waals surface area contributed by atoms with Gasteiger partial charge in [0.2, 0.25) is 0 Å². The summed E-state index contributed by atoms with van der Waals surface area (Å²) in [4.78, 5) is 2.79. The number of rotatable bonds is 6. The smallest absolute Gasteiger partial charge is 0.0572 e. The predicted molar refractivity (Wildman–Crippen MR) is 80.5 cm³/mol. The molecule has 1 heterocycles. The Balaban J connectivity index is 1.81. The lowest BCUT2D eigenvalue weighted by Crippen LogP contribution is -2.44. The molecule has 0 spiro atoms. The van der Waals surface area contributed by atoms with E-state index in [1.54, 1.807) is 0 Å².